The van der Waals surface area contributed by atoms with Crippen LogP contribution in [0.5, 0.6) is 0 Å². The summed E-state index contributed by atoms with van der Waals surface area (Å²) in [5.41, 5.74) is 0.281. The van der Waals surface area contributed by atoms with Crippen LogP contribution in [-0.2, 0) is 0 Å². The van der Waals surface area contributed by atoms with E-state index in [-0.39, 0.29) is 5.54 Å². The fourth-order valence-corrected chi connectivity index (χ4v) is 2.72. The summed E-state index contributed by atoms with van der Waals surface area (Å²) in [6.07, 6.45) is 4.77. The highest BCUT2D eigenvalue weighted by Gasteiger charge is 2.25. The van der Waals surface area contributed by atoms with E-state index in [4.69, 9.17) is 0 Å². The second kappa shape index (κ2) is 5.64. The third kappa shape index (κ3) is 2.91. The molecule has 0 aromatic heterocycles. The van der Waals surface area contributed by atoms with Gasteiger partial charge in [-0.05, 0) is 25.7 Å². The number of thioether (sulfide) groups is 1. The van der Waals surface area contributed by atoms with Crippen molar-refractivity contribution in [2.45, 2.75) is 52.0 Å². The molecular weight excluding hydrogens is 192 g/mol. The predicted octanol–water partition coefficient (Wildman–Crippen LogP) is 3.04. The van der Waals surface area contributed by atoms with Gasteiger partial charge in [-0.2, -0.15) is 0 Å². The number of nitrogens with zero attached hydrogens (tertiary/aromatic N) is 1. The fraction of sp³-hybridized carbons (Fsp3) is 0.909. The summed E-state index contributed by atoms with van der Waals surface area (Å²) in [7, 11) is 0. The van der Waals surface area contributed by atoms with Crippen molar-refractivity contribution in [3.8, 4) is 0 Å². The van der Waals surface area contributed by atoms with E-state index in [0.717, 1.165) is 6.54 Å². The SMILES string of the molecule is CCC(CC)(CC)NC1=NCCCS1. The van der Waals surface area contributed by atoms with Gasteiger partial charge in [0.05, 0.1) is 0 Å². The maximum absolute atomic E-state index is 4.53. The lowest BCUT2D eigenvalue weighted by Gasteiger charge is -2.33. The Balaban J connectivity index is 2.57. The van der Waals surface area contributed by atoms with Crippen LogP contribution in [0.1, 0.15) is 46.5 Å². The Kier molecular flexibility index (Phi) is 4.79. The largest absolute Gasteiger partial charge is 0.360 e. The smallest absolute Gasteiger partial charge is 0.156 e. The number of rotatable bonds is 4. The molecule has 2 nitrogen and oxygen atoms in total. The van der Waals surface area contributed by atoms with Crippen molar-refractivity contribution in [1.82, 2.24) is 5.32 Å². The van der Waals surface area contributed by atoms with Crippen LogP contribution >= 0.6 is 11.8 Å². The van der Waals surface area contributed by atoms with Crippen molar-refractivity contribution in [1.29, 1.82) is 0 Å². The zero-order valence-corrected chi connectivity index (χ0v) is 10.4. The van der Waals surface area contributed by atoms with E-state index in [1.165, 1.54) is 36.6 Å². The van der Waals surface area contributed by atoms with E-state index in [1.807, 2.05) is 11.8 Å². The van der Waals surface area contributed by atoms with Gasteiger partial charge >= 0.3 is 0 Å². The zero-order chi connectivity index (χ0) is 10.4. The van der Waals surface area contributed by atoms with Crippen LogP contribution < -0.4 is 5.32 Å². The number of amidine groups is 1. The Labute approximate surface area is 92.0 Å². The number of nitrogens with one attached hydrogen (secondary N) is 1. The van der Waals surface area contributed by atoms with Gasteiger partial charge in [0.15, 0.2) is 5.17 Å². The molecule has 1 heterocycles. The molecule has 0 bridgehead atoms. The average molecular weight is 214 g/mol. The molecule has 0 spiro atoms. The van der Waals surface area contributed by atoms with E-state index in [2.05, 4.69) is 31.1 Å². The van der Waals surface area contributed by atoms with Gasteiger partial charge in [0.1, 0.15) is 0 Å². The maximum atomic E-state index is 4.53. The summed E-state index contributed by atoms with van der Waals surface area (Å²) in [4.78, 5) is 4.53. The van der Waals surface area contributed by atoms with Gasteiger partial charge < -0.3 is 5.32 Å². The van der Waals surface area contributed by atoms with Crippen molar-refractivity contribution in [3.63, 3.8) is 0 Å². The molecular formula is C11H22N2S. The highest BCUT2D eigenvalue weighted by molar-refractivity contribution is 8.13. The van der Waals surface area contributed by atoms with Crippen LogP contribution in [0.2, 0.25) is 0 Å². The number of hydrogen-bond donors (Lipinski definition) is 1. The molecule has 3 heteroatoms. The predicted molar refractivity (Wildman–Crippen MR) is 66.1 cm³/mol. The van der Waals surface area contributed by atoms with Gasteiger partial charge in [-0.15, -0.1) is 0 Å². The van der Waals surface area contributed by atoms with Crippen molar-refractivity contribution in [3.05, 3.63) is 0 Å². The van der Waals surface area contributed by atoms with E-state index in [0.29, 0.717) is 0 Å². The molecule has 0 saturated carbocycles. The molecule has 0 unspecified atom stereocenters. The van der Waals surface area contributed by atoms with Gasteiger partial charge in [-0.1, -0.05) is 32.5 Å². The normalized spacial score (nSPS) is 17.8. The molecule has 1 aliphatic heterocycles. The van der Waals surface area contributed by atoms with Gasteiger partial charge in [-0.25, -0.2) is 0 Å². The second-order valence-electron chi connectivity index (χ2n) is 3.85. The first kappa shape index (κ1) is 11.9. The minimum absolute atomic E-state index is 0.281. The lowest BCUT2D eigenvalue weighted by atomic mass is 9.90. The van der Waals surface area contributed by atoms with Crippen molar-refractivity contribution in [2.24, 2.45) is 4.99 Å². The third-order valence-corrected chi connectivity index (χ3v) is 4.20. The molecule has 14 heavy (non-hydrogen) atoms. The standard InChI is InChI=1S/C11H22N2S/c1-4-11(5-2,6-3)13-10-12-8-7-9-14-10/h4-9H2,1-3H3,(H,12,13). The summed E-state index contributed by atoms with van der Waals surface area (Å²) in [6.45, 7) is 7.78. The molecule has 0 saturated heterocycles. The number of hydrogen-bond acceptors (Lipinski definition) is 3. The Morgan fingerprint density at radius 1 is 1.29 bits per heavy atom. The first-order valence-corrected chi connectivity index (χ1v) is 6.70. The molecule has 0 aliphatic carbocycles. The molecule has 0 aromatic carbocycles. The zero-order valence-electron chi connectivity index (χ0n) is 9.60. The molecule has 1 aliphatic rings. The highest BCUT2D eigenvalue weighted by Crippen LogP contribution is 2.22. The van der Waals surface area contributed by atoms with Gasteiger partial charge in [0, 0.05) is 17.8 Å². The topological polar surface area (TPSA) is 24.4 Å². The van der Waals surface area contributed by atoms with E-state index >= 15 is 0 Å². The summed E-state index contributed by atoms with van der Waals surface area (Å²) >= 11 is 1.88. The molecule has 0 amide bonds. The van der Waals surface area contributed by atoms with Crippen molar-refractivity contribution < 1.29 is 0 Å². The van der Waals surface area contributed by atoms with E-state index in [1.54, 1.807) is 0 Å². The number of aliphatic imine (C=N–C) groups is 1. The van der Waals surface area contributed by atoms with E-state index < -0.39 is 0 Å². The lowest BCUT2D eigenvalue weighted by molar-refractivity contribution is 0.341. The minimum atomic E-state index is 0.281. The fourth-order valence-electron chi connectivity index (χ4n) is 1.78. The molecule has 0 atom stereocenters. The molecule has 82 valence electrons. The summed E-state index contributed by atoms with van der Waals surface area (Å²) in [6, 6.07) is 0. The highest BCUT2D eigenvalue weighted by atomic mass is 32.2. The van der Waals surface area contributed by atoms with Crippen LogP contribution in [0.15, 0.2) is 4.99 Å². The Bertz CT molecular complexity index is 189. The summed E-state index contributed by atoms with van der Waals surface area (Å²) < 4.78 is 0. The van der Waals surface area contributed by atoms with Gasteiger partial charge in [0.25, 0.3) is 0 Å². The molecule has 1 N–H and O–H groups in total. The summed E-state index contributed by atoms with van der Waals surface area (Å²) in [5, 5.41) is 4.80. The maximum Gasteiger partial charge on any atom is 0.156 e. The van der Waals surface area contributed by atoms with Crippen molar-refractivity contribution >= 4 is 16.9 Å². The van der Waals surface area contributed by atoms with Crippen LogP contribution in [0, 0.1) is 0 Å². The van der Waals surface area contributed by atoms with Crippen LogP contribution in [-0.4, -0.2) is 23.0 Å². The molecule has 0 radical (unpaired) electrons. The Morgan fingerprint density at radius 2 is 1.93 bits per heavy atom. The van der Waals surface area contributed by atoms with Crippen molar-refractivity contribution in [2.75, 3.05) is 12.3 Å². The average Bonchev–Trinajstić information content (AvgIpc) is 2.28. The van der Waals surface area contributed by atoms with Crippen LogP contribution in [0.3, 0.4) is 0 Å². The molecule has 0 fully saturated rings. The van der Waals surface area contributed by atoms with Crippen LogP contribution in [0.4, 0.5) is 0 Å². The molecule has 1 rings (SSSR count). The minimum Gasteiger partial charge on any atom is -0.360 e. The summed E-state index contributed by atoms with van der Waals surface area (Å²) in [5.74, 6) is 1.22. The lowest BCUT2D eigenvalue weighted by Crippen LogP contribution is -2.46. The first-order chi connectivity index (χ1) is 6.76. The van der Waals surface area contributed by atoms with Gasteiger partial charge in [-0.3, -0.25) is 4.99 Å². The van der Waals surface area contributed by atoms with Gasteiger partial charge in [0.2, 0.25) is 0 Å². The quantitative estimate of drug-likeness (QED) is 0.778. The Hall–Kier alpha value is -0.180. The first-order valence-electron chi connectivity index (χ1n) is 5.71. The Morgan fingerprint density at radius 3 is 2.36 bits per heavy atom. The van der Waals surface area contributed by atoms with E-state index in [9.17, 15) is 0 Å². The monoisotopic (exact) mass is 214 g/mol. The van der Waals surface area contributed by atoms with Crippen LogP contribution in [0.25, 0.3) is 0 Å². The molecule has 0 aromatic rings. The second-order valence-corrected chi connectivity index (χ2v) is 4.94. The third-order valence-electron chi connectivity index (χ3n) is 3.20.